The lowest BCUT2D eigenvalue weighted by Gasteiger charge is -2.01. The van der Waals surface area contributed by atoms with Crippen LogP contribution in [0.5, 0.6) is 5.06 Å². The maximum Gasteiger partial charge on any atom is 0.172 e. The molecule has 0 aliphatic rings. The number of rotatable bonds is 1. The minimum atomic E-state index is -0.0710. The van der Waals surface area contributed by atoms with Crippen LogP contribution in [0.25, 0.3) is 10.1 Å². The average molecular weight is 195 g/mol. The molecule has 0 fully saturated rings. The van der Waals surface area contributed by atoms with Gasteiger partial charge in [-0.1, -0.05) is 11.3 Å². The topological polar surface area (TPSA) is 66.5 Å². The van der Waals surface area contributed by atoms with Gasteiger partial charge in [0.2, 0.25) is 0 Å². The van der Waals surface area contributed by atoms with Crippen molar-refractivity contribution in [1.29, 1.82) is 0 Å². The predicted molar refractivity (Wildman–Crippen MR) is 53.8 cm³/mol. The predicted octanol–water partition coefficient (Wildman–Crippen LogP) is 1.68. The van der Waals surface area contributed by atoms with Gasteiger partial charge < -0.3 is 15.9 Å². The zero-order valence-electron chi connectivity index (χ0n) is 6.82. The lowest BCUT2D eigenvalue weighted by atomic mass is 10.1. The van der Waals surface area contributed by atoms with Crippen molar-refractivity contribution in [2.75, 3.05) is 5.73 Å². The van der Waals surface area contributed by atoms with Crippen LogP contribution in [0.2, 0.25) is 0 Å². The molecule has 0 saturated heterocycles. The van der Waals surface area contributed by atoms with Crippen LogP contribution in [-0.2, 0) is 6.61 Å². The molecule has 2 rings (SSSR count). The Morgan fingerprint density at radius 1 is 1.31 bits per heavy atom. The van der Waals surface area contributed by atoms with E-state index in [0.717, 1.165) is 10.1 Å². The Bertz CT molecular complexity index is 450. The molecule has 1 heterocycles. The smallest absolute Gasteiger partial charge is 0.172 e. The fourth-order valence-electron chi connectivity index (χ4n) is 1.27. The fraction of sp³-hybridized carbons (Fsp3) is 0.111. The van der Waals surface area contributed by atoms with E-state index in [2.05, 4.69) is 0 Å². The largest absolute Gasteiger partial charge is 0.499 e. The third kappa shape index (κ3) is 1.34. The van der Waals surface area contributed by atoms with Gasteiger partial charge >= 0.3 is 0 Å². The number of aromatic hydroxyl groups is 1. The Morgan fingerprint density at radius 2 is 2.08 bits per heavy atom. The maximum atomic E-state index is 9.23. The number of aliphatic hydroxyl groups excluding tert-OH is 1. The summed E-state index contributed by atoms with van der Waals surface area (Å²) in [5.74, 6) is 0. The highest BCUT2D eigenvalue weighted by Crippen LogP contribution is 2.33. The molecule has 68 valence electrons. The Kier molecular flexibility index (Phi) is 1.86. The van der Waals surface area contributed by atoms with E-state index in [4.69, 9.17) is 10.8 Å². The molecule has 0 atom stereocenters. The van der Waals surface area contributed by atoms with E-state index in [1.807, 2.05) is 0 Å². The summed E-state index contributed by atoms with van der Waals surface area (Å²) in [6.07, 6.45) is 0. The zero-order chi connectivity index (χ0) is 9.42. The van der Waals surface area contributed by atoms with Crippen molar-refractivity contribution in [2.24, 2.45) is 0 Å². The third-order valence-electron chi connectivity index (χ3n) is 1.94. The number of benzene rings is 1. The highest BCUT2D eigenvalue weighted by Gasteiger charge is 2.04. The van der Waals surface area contributed by atoms with E-state index in [1.54, 1.807) is 18.2 Å². The van der Waals surface area contributed by atoms with Gasteiger partial charge in [0.25, 0.3) is 0 Å². The van der Waals surface area contributed by atoms with Crippen molar-refractivity contribution in [2.45, 2.75) is 6.61 Å². The van der Waals surface area contributed by atoms with Crippen LogP contribution in [0.1, 0.15) is 5.56 Å². The number of thiophene rings is 1. The number of nitrogens with two attached hydrogens (primary N) is 1. The van der Waals surface area contributed by atoms with E-state index < -0.39 is 0 Å². The Balaban J connectivity index is 2.72. The minimum absolute atomic E-state index is 0.0710. The van der Waals surface area contributed by atoms with Crippen molar-refractivity contribution in [1.82, 2.24) is 0 Å². The summed E-state index contributed by atoms with van der Waals surface area (Å²) in [4.78, 5) is 0. The highest BCUT2D eigenvalue weighted by atomic mass is 32.1. The van der Waals surface area contributed by atoms with Gasteiger partial charge in [-0.25, -0.2) is 0 Å². The standard InChI is InChI=1S/C9H9NO2S/c10-7-3-8-5(1-6(7)4-11)2-9(12)13-8/h1-3,11-12H,4,10H2. The molecule has 0 radical (unpaired) electrons. The summed E-state index contributed by atoms with van der Waals surface area (Å²) < 4.78 is 0.937. The third-order valence-corrected chi connectivity index (χ3v) is 2.84. The number of nitrogen functional groups attached to an aromatic ring is 1. The molecule has 0 saturated carbocycles. The quantitative estimate of drug-likeness (QED) is 0.606. The molecule has 4 heteroatoms. The summed E-state index contributed by atoms with van der Waals surface area (Å²) in [5, 5.41) is 19.4. The monoisotopic (exact) mass is 195 g/mol. The lowest BCUT2D eigenvalue weighted by molar-refractivity contribution is 0.282. The molecule has 13 heavy (non-hydrogen) atoms. The van der Waals surface area contributed by atoms with Crippen LogP contribution in [0, 0.1) is 0 Å². The summed E-state index contributed by atoms with van der Waals surface area (Å²) in [6, 6.07) is 5.23. The van der Waals surface area contributed by atoms with Crippen molar-refractivity contribution < 1.29 is 10.2 Å². The zero-order valence-corrected chi connectivity index (χ0v) is 7.64. The molecule has 1 aromatic carbocycles. The van der Waals surface area contributed by atoms with Crippen LogP contribution in [0.4, 0.5) is 5.69 Å². The van der Waals surface area contributed by atoms with Gasteiger partial charge in [0.15, 0.2) is 5.06 Å². The SMILES string of the molecule is Nc1cc2sc(O)cc2cc1CO. The van der Waals surface area contributed by atoms with Crippen molar-refractivity contribution in [3.63, 3.8) is 0 Å². The van der Waals surface area contributed by atoms with Crippen molar-refractivity contribution in [3.05, 3.63) is 23.8 Å². The Morgan fingerprint density at radius 3 is 2.77 bits per heavy atom. The second kappa shape index (κ2) is 2.90. The number of aliphatic hydroxyl groups is 1. The van der Waals surface area contributed by atoms with Gasteiger partial charge in [0.05, 0.1) is 6.61 Å². The second-order valence-corrected chi connectivity index (χ2v) is 3.89. The van der Waals surface area contributed by atoms with Crippen LogP contribution in [-0.4, -0.2) is 10.2 Å². The average Bonchev–Trinajstić information content (AvgIpc) is 2.42. The van der Waals surface area contributed by atoms with E-state index in [9.17, 15) is 5.11 Å². The van der Waals surface area contributed by atoms with Crippen LogP contribution in [0.15, 0.2) is 18.2 Å². The van der Waals surface area contributed by atoms with E-state index in [0.29, 0.717) is 11.3 Å². The second-order valence-electron chi connectivity index (χ2n) is 2.83. The Labute approximate surface area is 79.0 Å². The van der Waals surface area contributed by atoms with E-state index in [-0.39, 0.29) is 11.7 Å². The van der Waals surface area contributed by atoms with Gasteiger partial charge in [0.1, 0.15) is 0 Å². The minimum Gasteiger partial charge on any atom is -0.499 e. The van der Waals surface area contributed by atoms with Crippen molar-refractivity contribution >= 4 is 27.1 Å². The number of fused-ring (bicyclic) bond motifs is 1. The molecule has 1 aromatic heterocycles. The van der Waals surface area contributed by atoms with Gasteiger partial charge in [-0.15, -0.1) is 0 Å². The van der Waals surface area contributed by atoms with Crippen LogP contribution < -0.4 is 5.73 Å². The molecule has 0 amide bonds. The lowest BCUT2D eigenvalue weighted by Crippen LogP contribution is -1.92. The normalized spacial score (nSPS) is 10.8. The van der Waals surface area contributed by atoms with E-state index in [1.165, 1.54) is 11.3 Å². The van der Waals surface area contributed by atoms with Gasteiger partial charge in [-0.2, -0.15) is 0 Å². The number of hydrogen-bond donors (Lipinski definition) is 3. The summed E-state index contributed by atoms with van der Waals surface area (Å²) in [6.45, 7) is -0.0710. The van der Waals surface area contributed by atoms with Crippen LogP contribution >= 0.6 is 11.3 Å². The molecule has 4 N–H and O–H groups in total. The molecule has 3 nitrogen and oxygen atoms in total. The maximum absolute atomic E-state index is 9.23. The molecule has 0 aliphatic heterocycles. The van der Waals surface area contributed by atoms with E-state index >= 15 is 0 Å². The highest BCUT2D eigenvalue weighted by molar-refractivity contribution is 7.20. The molecular weight excluding hydrogens is 186 g/mol. The number of anilines is 1. The molecule has 0 spiro atoms. The summed E-state index contributed by atoms with van der Waals surface area (Å²) >= 11 is 1.28. The fourth-order valence-corrected chi connectivity index (χ4v) is 2.11. The van der Waals surface area contributed by atoms with Gasteiger partial charge in [-0.3, -0.25) is 0 Å². The molecule has 0 aliphatic carbocycles. The van der Waals surface area contributed by atoms with Crippen LogP contribution in [0.3, 0.4) is 0 Å². The molecular formula is C9H9NO2S. The first kappa shape index (κ1) is 8.34. The first-order valence-electron chi connectivity index (χ1n) is 3.82. The first-order valence-corrected chi connectivity index (χ1v) is 4.64. The van der Waals surface area contributed by atoms with Crippen molar-refractivity contribution in [3.8, 4) is 5.06 Å². The summed E-state index contributed by atoms with van der Waals surface area (Å²) in [7, 11) is 0. The van der Waals surface area contributed by atoms with Gasteiger partial charge in [0, 0.05) is 16.0 Å². The number of hydrogen-bond acceptors (Lipinski definition) is 4. The molecule has 0 unspecified atom stereocenters. The first-order chi connectivity index (χ1) is 6.20. The van der Waals surface area contributed by atoms with Gasteiger partial charge in [-0.05, 0) is 23.6 Å². The molecule has 0 bridgehead atoms. The Hall–Kier alpha value is -1.26. The summed E-state index contributed by atoms with van der Waals surface area (Å²) in [5.41, 5.74) is 6.94. The molecule has 2 aromatic rings.